The molecular weight excluding hydrogens is 194 g/mol. The Morgan fingerprint density at radius 2 is 1.88 bits per heavy atom. The van der Waals surface area contributed by atoms with Crippen LogP contribution in [0.5, 0.6) is 0 Å². The molecule has 0 amide bonds. The fourth-order valence-corrected chi connectivity index (χ4v) is 3.56. The van der Waals surface area contributed by atoms with Gasteiger partial charge in [0.05, 0.1) is 0 Å². The highest BCUT2D eigenvalue weighted by Crippen LogP contribution is 2.37. The molecule has 3 atom stereocenters. The molecule has 0 aromatic heterocycles. The van der Waals surface area contributed by atoms with Gasteiger partial charge < -0.3 is 5.32 Å². The number of nitrogens with one attached hydrogen (secondary N) is 1. The maximum atomic E-state index is 3.53. The highest BCUT2D eigenvalue weighted by Gasteiger charge is 2.30. The first kappa shape index (κ1) is 12.4. The van der Waals surface area contributed by atoms with Crippen molar-refractivity contribution in [1.29, 1.82) is 0 Å². The zero-order valence-electron chi connectivity index (χ0n) is 11.2. The smallest absolute Gasteiger partial charge is 0.00924 e. The molecule has 2 aliphatic rings. The van der Waals surface area contributed by atoms with Gasteiger partial charge >= 0.3 is 0 Å². The summed E-state index contributed by atoms with van der Waals surface area (Å²) in [5, 5.41) is 3.53. The fourth-order valence-electron chi connectivity index (χ4n) is 3.56. The molecule has 0 spiro atoms. The number of rotatable bonds is 6. The van der Waals surface area contributed by atoms with Crippen LogP contribution >= 0.6 is 0 Å². The summed E-state index contributed by atoms with van der Waals surface area (Å²) in [6.45, 7) is 2.37. The van der Waals surface area contributed by atoms with Crippen LogP contribution < -0.4 is 5.32 Å². The third-order valence-electron chi connectivity index (χ3n) is 4.92. The van der Waals surface area contributed by atoms with Crippen LogP contribution in [0.1, 0.15) is 64.7 Å². The van der Waals surface area contributed by atoms with Crippen molar-refractivity contribution in [3.05, 3.63) is 0 Å². The second kappa shape index (κ2) is 6.05. The van der Waals surface area contributed by atoms with Gasteiger partial charge in [0, 0.05) is 6.04 Å². The first-order valence-electron chi connectivity index (χ1n) is 7.50. The monoisotopic (exact) mass is 223 g/mol. The van der Waals surface area contributed by atoms with Gasteiger partial charge in [-0.05, 0) is 56.9 Å². The highest BCUT2D eigenvalue weighted by atomic mass is 14.9. The minimum atomic E-state index is 0.835. The molecule has 1 N–H and O–H groups in total. The lowest BCUT2D eigenvalue weighted by Crippen LogP contribution is -2.28. The number of hydrogen-bond donors (Lipinski definition) is 1. The van der Waals surface area contributed by atoms with E-state index < -0.39 is 0 Å². The van der Waals surface area contributed by atoms with E-state index in [4.69, 9.17) is 0 Å². The van der Waals surface area contributed by atoms with E-state index in [1.165, 1.54) is 57.8 Å². The average Bonchev–Trinajstić information content (AvgIpc) is 3.15. The van der Waals surface area contributed by atoms with Crippen molar-refractivity contribution >= 4 is 0 Å². The SMILES string of the molecule is CCC1CCCC(CCC(NC)C2CC2)C1. The van der Waals surface area contributed by atoms with Crippen molar-refractivity contribution < 1.29 is 0 Å². The second-order valence-electron chi connectivity index (χ2n) is 6.12. The van der Waals surface area contributed by atoms with E-state index in [0.29, 0.717) is 0 Å². The molecule has 2 saturated carbocycles. The zero-order chi connectivity index (χ0) is 11.4. The van der Waals surface area contributed by atoms with E-state index in [-0.39, 0.29) is 0 Å². The largest absolute Gasteiger partial charge is 0.317 e. The Bertz CT molecular complexity index is 198. The summed E-state index contributed by atoms with van der Waals surface area (Å²) < 4.78 is 0. The Hall–Kier alpha value is -0.0400. The van der Waals surface area contributed by atoms with Gasteiger partial charge in [-0.1, -0.05) is 32.6 Å². The van der Waals surface area contributed by atoms with Crippen molar-refractivity contribution in [3.8, 4) is 0 Å². The summed E-state index contributed by atoms with van der Waals surface area (Å²) in [4.78, 5) is 0. The van der Waals surface area contributed by atoms with Crippen molar-refractivity contribution in [2.24, 2.45) is 17.8 Å². The molecular formula is C15H29N. The van der Waals surface area contributed by atoms with Gasteiger partial charge in [0.25, 0.3) is 0 Å². The topological polar surface area (TPSA) is 12.0 Å². The fraction of sp³-hybridized carbons (Fsp3) is 1.00. The first-order valence-corrected chi connectivity index (χ1v) is 7.50. The van der Waals surface area contributed by atoms with Crippen molar-refractivity contribution in [1.82, 2.24) is 5.32 Å². The molecule has 94 valence electrons. The van der Waals surface area contributed by atoms with Gasteiger partial charge in [-0.25, -0.2) is 0 Å². The van der Waals surface area contributed by atoms with Crippen LogP contribution in [0.4, 0.5) is 0 Å². The van der Waals surface area contributed by atoms with Crippen LogP contribution in [0.2, 0.25) is 0 Å². The molecule has 2 fully saturated rings. The Kier molecular flexibility index (Phi) is 4.69. The molecule has 0 aromatic rings. The first-order chi connectivity index (χ1) is 7.83. The van der Waals surface area contributed by atoms with E-state index >= 15 is 0 Å². The predicted molar refractivity (Wildman–Crippen MR) is 70.5 cm³/mol. The lowest BCUT2D eigenvalue weighted by atomic mass is 9.77. The van der Waals surface area contributed by atoms with Crippen LogP contribution in [-0.4, -0.2) is 13.1 Å². The normalized spacial score (nSPS) is 32.6. The number of hydrogen-bond acceptors (Lipinski definition) is 1. The van der Waals surface area contributed by atoms with Crippen LogP contribution in [0.25, 0.3) is 0 Å². The van der Waals surface area contributed by atoms with E-state index in [1.54, 1.807) is 0 Å². The van der Waals surface area contributed by atoms with Crippen LogP contribution in [0, 0.1) is 17.8 Å². The molecule has 0 saturated heterocycles. The van der Waals surface area contributed by atoms with Gasteiger partial charge in [0.1, 0.15) is 0 Å². The predicted octanol–water partition coefficient (Wildman–Crippen LogP) is 3.98. The van der Waals surface area contributed by atoms with Crippen molar-refractivity contribution in [2.75, 3.05) is 7.05 Å². The molecule has 1 nitrogen and oxygen atoms in total. The minimum absolute atomic E-state index is 0.835. The maximum absolute atomic E-state index is 3.53. The summed E-state index contributed by atoms with van der Waals surface area (Å²) in [7, 11) is 2.15. The molecule has 1 heteroatoms. The summed E-state index contributed by atoms with van der Waals surface area (Å²) >= 11 is 0. The minimum Gasteiger partial charge on any atom is -0.317 e. The van der Waals surface area contributed by atoms with Crippen LogP contribution in [-0.2, 0) is 0 Å². The Morgan fingerprint density at radius 3 is 2.50 bits per heavy atom. The third kappa shape index (κ3) is 3.48. The van der Waals surface area contributed by atoms with Gasteiger partial charge in [-0.15, -0.1) is 0 Å². The second-order valence-corrected chi connectivity index (χ2v) is 6.12. The summed E-state index contributed by atoms with van der Waals surface area (Å²) in [6, 6.07) is 0.835. The molecule has 0 heterocycles. The van der Waals surface area contributed by atoms with Gasteiger partial charge in [0.15, 0.2) is 0 Å². The van der Waals surface area contributed by atoms with Gasteiger partial charge in [-0.2, -0.15) is 0 Å². The summed E-state index contributed by atoms with van der Waals surface area (Å²) in [5.74, 6) is 3.12. The molecule has 3 unspecified atom stereocenters. The molecule has 0 radical (unpaired) electrons. The van der Waals surface area contributed by atoms with E-state index in [2.05, 4.69) is 19.3 Å². The molecule has 0 aromatic carbocycles. The molecule has 16 heavy (non-hydrogen) atoms. The van der Waals surface area contributed by atoms with Crippen LogP contribution in [0.3, 0.4) is 0 Å². The standard InChI is InChI=1S/C15H29N/c1-3-12-5-4-6-13(11-12)7-10-15(16-2)14-8-9-14/h12-16H,3-11H2,1-2H3. The lowest BCUT2D eigenvalue weighted by Gasteiger charge is -2.29. The molecule has 0 bridgehead atoms. The van der Waals surface area contributed by atoms with Gasteiger partial charge in [-0.3, -0.25) is 0 Å². The zero-order valence-corrected chi connectivity index (χ0v) is 11.2. The highest BCUT2D eigenvalue weighted by molar-refractivity contribution is 4.86. The molecule has 0 aliphatic heterocycles. The molecule has 2 aliphatic carbocycles. The Balaban J connectivity index is 1.67. The lowest BCUT2D eigenvalue weighted by molar-refractivity contribution is 0.237. The maximum Gasteiger partial charge on any atom is 0.00924 e. The van der Waals surface area contributed by atoms with E-state index in [0.717, 1.165) is 23.8 Å². The third-order valence-corrected chi connectivity index (χ3v) is 4.92. The van der Waals surface area contributed by atoms with E-state index in [1.807, 2.05) is 0 Å². The molecule has 2 rings (SSSR count). The van der Waals surface area contributed by atoms with E-state index in [9.17, 15) is 0 Å². The summed E-state index contributed by atoms with van der Waals surface area (Å²) in [6.07, 6.45) is 13.3. The van der Waals surface area contributed by atoms with Gasteiger partial charge in [0.2, 0.25) is 0 Å². The van der Waals surface area contributed by atoms with Crippen LogP contribution in [0.15, 0.2) is 0 Å². The Labute approximate surface area is 101 Å². The van der Waals surface area contributed by atoms with Crippen molar-refractivity contribution in [2.45, 2.75) is 70.8 Å². The average molecular weight is 223 g/mol. The van der Waals surface area contributed by atoms with Crippen molar-refractivity contribution in [3.63, 3.8) is 0 Å². The quantitative estimate of drug-likeness (QED) is 0.718. The Morgan fingerprint density at radius 1 is 1.12 bits per heavy atom. The summed E-state index contributed by atoms with van der Waals surface area (Å²) in [5.41, 5.74) is 0.